The third-order valence-electron chi connectivity index (χ3n) is 6.24. The number of carbonyl (C=O) groups excluding carboxylic acids is 2. The van der Waals surface area contributed by atoms with E-state index in [1.807, 2.05) is 4.90 Å². The molecule has 3 aliphatic rings. The molecule has 8 nitrogen and oxygen atoms in total. The molecule has 3 N–H and O–H groups in total. The number of urea groups is 1. The molecule has 1 aliphatic carbocycles. The summed E-state index contributed by atoms with van der Waals surface area (Å²) in [6, 6.07) is 1.36. The average molecular weight is 491 g/mol. The van der Waals surface area contributed by atoms with E-state index in [0.29, 0.717) is 12.1 Å². The first-order chi connectivity index (χ1) is 13.2. The fourth-order valence-corrected chi connectivity index (χ4v) is 4.47. The van der Waals surface area contributed by atoms with Crippen LogP contribution in [0.25, 0.3) is 0 Å². The Hall–Kier alpha value is -0.510. The van der Waals surface area contributed by atoms with Crippen molar-refractivity contribution < 1.29 is 14.3 Å². The lowest BCUT2D eigenvalue weighted by Crippen LogP contribution is -2.57. The summed E-state index contributed by atoms with van der Waals surface area (Å²) < 4.78 is 4.66. The van der Waals surface area contributed by atoms with Gasteiger partial charge in [-0.05, 0) is 51.6 Å². The highest BCUT2D eigenvalue weighted by molar-refractivity contribution is 5.86. The molecule has 0 unspecified atom stereocenters. The first kappa shape index (κ1) is 29.5. The first-order valence-electron chi connectivity index (χ1n) is 10.5. The predicted octanol–water partition coefficient (Wildman–Crippen LogP) is 1.40. The predicted molar refractivity (Wildman–Crippen MR) is 125 cm³/mol. The highest BCUT2D eigenvalue weighted by Crippen LogP contribution is 2.19. The Labute approximate surface area is 198 Å². The van der Waals surface area contributed by atoms with Gasteiger partial charge in [0.2, 0.25) is 0 Å². The second kappa shape index (κ2) is 15.3. The molecule has 0 atom stereocenters. The maximum absolute atomic E-state index is 12.6. The lowest BCUT2D eigenvalue weighted by atomic mass is 9.91. The molecule has 2 saturated heterocycles. The van der Waals surface area contributed by atoms with Crippen molar-refractivity contribution in [1.82, 2.24) is 25.8 Å². The van der Waals surface area contributed by atoms with E-state index in [-0.39, 0.29) is 61.8 Å². The number of hydrogen-bond donors (Lipinski definition) is 3. The highest BCUT2D eigenvalue weighted by Gasteiger charge is 2.29. The molecular weight excluding hydrogens is 453 g/mol. The highest BCUT2D eigenvalue weighted by atomic mass is 35.5. The number of amides is 2. The molecule has 0 aromatic carbocycles. The van der Waals surface area contributed by atoms with Crippen LogP contribution in [0.5, 0.6) is 0 Å². The van der Waals surface area contributed by atoms with Gasteiger partial charge in [0.1, 0.15) is 0 Å². The van der Waals surface area contributed by atoms with E-state index >= 15 is 0 Å². The molecule has 2 aliphatic heterocycles. The lowest BCUT2D eigenvalue weighted by Gasteiger charge is -2.41. The zero-order valence-electron chi connectivity index (χ0n) is 17.8. The molecule has 0 aromatic rings. The van der Waals surface area contributed by atoms with Gasteiger partial charge in [0.05, 0.1) is 13.7 Å². The number of esters is 1. The van der Waals surface area contributed by atoms with Crippen molar-refractivity contribution >= 4 is 49.2 Å². The number of hydrogen-bond acceptors (Lipinski definition) is 6. The quantitative estimate of drug-likeness (QED) is 0.505. The Balaban J connectivity index is 0.00000280. The minimum absolute atomic E-state index is 0. The van der Waals surface area contributed by atoms with Gasteiger partial charge in [-0.1, -0.05) is 0 Å². The van der Waals surface area contributed by atoms with Gasteiger partial charge in [-0.15, -0.1) is 37.2 Å². The lowest BCUT2D eigenvalue weighted by molar-refractivity contribution is -0.139. The summed E-state index contributed by atoms with van der Waals surface area (Å²) in [6.07, 6.45) is 6.31. The van der Waals surface area contributed by atoms with Gasteiger partial charge in [-0.2, -0.15) is 0 Å². The minimum atomic E-state index is -0.228. The summed E-state index contributed by atoms with van der Waals surface area (Å²) in [5.41, 5.74) is 0. The van der Waals surface area contributed by atoms with Gasteiger partial charge < -0.3 is 25.6 Å². The molecule has 11 heteroatoms. The fraction of sp³-hybridized carbons (Fsp3) is 0.895. The van der Waals surface area contributed by atoms with Crippen LogP contribution in [0.4, 0.5) is 4.79 Å². The Bertz CT molecular complexity index is 496. The van der Waals surface area contributed by atoms with Crippen LogP contribution >= 0.6 is 37.2 Å². The molecule has 2 amide bonds. The maximum Gasteiger partial charge on any atom is 0.319 e. The minimum Gasteiger partial charge on any atom is -0.468 e. The van der Waals surface area contributed by atoms with Gasteiger partial charge in [-0.25, -0.2) is 4.79 Å². The third-order valence-corrected chi connectivity index (χ3v) is 6.24. The number of halogens is 3. The number of carbonyl (C=O) groups is 2. The van der Waals surface area contributed by atoms with Crippen molar-refractivity contribution in [3.05, 3.63) is 0 Å². The third kappa shape index (κ3) is 8.93. The maximum atomic E-state index is 12.6. The van der Waals surface area contributed by atoms with Crippen LogP contribution in [0.2, 0.25) is 0 Å². The molecule has 3 rings (SSSR count). The van der Waals surface area contributed by atoms with Crippen LogP contribution in [0, 0.1) is 0 Å². The van der Waals surface area contributed by atoms with Crippen LogP contribution < -0.4 is 16.0 Å². The topological polar surface area (TPSA) is 85.9 Å². The van der Waals surface area contributed by atoms with E-state index < -0.39 is 0 Å². The van der Waals surface area contributed by atoms with Crippen LogP contribution in [0.15, 0.2) is 0 Å². The summed E-state index contributed by atoms with van der Waals surface area (Å²) in [5.74, 6) is -0.228. The van der Waals surface area contributed by atoms with Gasteiger partial charge in [0.15, 0.2) is 0 Å². The summed E-state index contributed by atoms with van der Waals surface area (Å²) in [5, 5.41) is 9.87. The monoisotopic (exact) mass is 489 g/mol. The van der Waals surface area contributed by atoms with Crippen molar-refractivity contribution in [1.29, 1.82) is 0 Å². The van der Waals surface area contributed by atoms with E-state index in [1.165, 1.54) is 20.0 Å². The Morgan fingerprint density at radius 1 is 0.900 bits per heavy atom. The normalized spacial score (nSPS) is 25.2. The number of ether oxygens (including phenoxy) is 1. The van der Waals surface area contributed by atoms with Gasteiger partial charge in [-0.3, -0.25) is 9.69 Å². The zero-order valence-corrected chi connectivity index (χ0v) is 20.2. The molecule has 0 aromatic heterocycles. The molecule has 30 heavy (non-hydrogen) atoms. The Kier molecular flexibility index (Phi) is 15.1. The SMILES string of the molecule is COC(=O)CNC1CCC(NC(=O)N2CCN(C3CCNCC3)CC2)CC1.Cl.Cl.Cl. The van der Waals surface area contributed by atoms with Crippen molar-refractivity contribution in [3.8, 4) is 0 Å². The van der Waals surface area contributed by atoms with Crippen LogP contribution in [-0.2, 0) is 9.53 Å². The Morgan fingerprint density at radius 2 is 1.47 bits per heavy atom. The second-order valence-corrected chi connectivity index (χ2v) is 7.96. The first-order valence-corrected chi connectivity index (χ1v) is 10.5. The van der Waals surface area contributed by atoms with E-state index in [9.17, 15) is 9.59 Å². The van der Waals surface area contributed by atoms with Crippen molar-refractivity contribution in [2.75, 3.05) is 52.9 Å². The van der Waals surface area contributed by atoms with Gasteiger partial charge in [0, 0.05) is 44.3 Å². The summed E-state index contributed by atoms with van der Waals surface area (Å²) in [7, 11) is 1.41. The van der Waals surface area contributed by atoms with Crippen LogP contribution in [-0.4, -0.2) is 92.8 Å². The summed E-state index contributed by atoms with van der Waals surface area (Å²) in [6.45, 7) is 6.12. The number of methoxy groups -OCH3 is 1. The molecule has 0 bridgehead atoms. The van der Waals surface area contributed by atoms with E-state index in [4.69, 9.17) is 0 Å². The smallest absolute Gasteiger partial charge is 0.319 e. The van der Waals surface area contributed by atoms with Crippen molar-refractivity contribution in [2.24, 2.45) is 0 Å². The molecule has 0 spiro atoms. The van der Waals surface area contributed by atoms with Crippen LogP contribution in [0.3, 0.4) is 0 Å². The fourth-order valence-electron chi connectivity index (χ4n) is 4.47. The number of rotatable bonds is 5. The van der Waals surface area contributed by atoms with E-state index in [0.717, 1.165) is 65.0 Å². The van der Waals surface area contributed by atoms with Crippen molar-refractivity contribution in [3.63, 3.8) is 0 Å². The molecule has 1 saturated carbocycles. The van der Waals surface area contributed by atoms with E-state index in [1.54, 1.807) is 0 Å². The van der Waals surface area contributed by atoms with Crippen molar-refractivity contribution in [2.45, 2.75) is 56.7 Å². The number of piperazine rings is 1. The Morgan fingerprint density at radius 3 is 2.03 bits per heavy atom. The number of nitrogens with one attached hydrogen (secondary N) is 3. The molecular formula is C19H38Cl3N5O3. The van der Waals surface area contributed by atoms with E-state index in [2.05, 4.69) is 25.6 Å². The zero-order chi connectivity index (χ0) is 19.1. The summed E-state index contributed by atoms with van der Waals surface area (Å²) >= 11 is 0. The largest absolute Gasteiger partial charge is 0.468 e. The summed E-state index contributed by atoms with van der Waals surface area (Å²) in [4.78, 5) is 28.3. The van der Waals surface area contributed by atoms with Crippen LogP contribution in [0.1, 0.15) is 38.5 Å². The molecule has 178 valence electrons. The van der Waals surface area contributed by atoms with Gasteiger partial charge >= 0.3 is 12.0 Å². The molecule has 3 fully saturated rings. The molecule has 0 radical (unpaired) electrons. The molecule has 2 heterocycles. The number of piperidine rings is 1. The standard InChI is InChI=1S/C19H35N5O3.3ClH/c1-27-18(25)14-21-15-2-4-16(5-3-15)22-19(26)24-12-10-23(11-13-24)17-6-8-20-9-7-17;;;/h15-17,20-21H,2-14H2,1H3,(H,22,26);3*1H. The average Bonchev–Trinajstić information content (AvgIpc) is 2.73. The second-order valence-electron chi connectivity index (χ2n) is 7.96. The van der Waals surface area contributed by atoms with Gasteiger partial charge in [0.25, 0.3) is 0 Å². The number of nitrogens with zero attached hydrogens (tertiary/aromatic N) is 2.